The molecule has 3 heteroatoms. The minimum absolute atomic E-state index is 0.895. The lowest BCUT2D eigenvalue weighted by Gasteiger charge is -2.26. The van der Waals surface area contributed by atoms with E-state index in [4.69, 9.17) is 8.83 Å². The van der Waals surface area contributed by atoms with Gasteiger partial charge < -0.3 is 13.7 Å². The van der Waals surface area contributed by atoms with Crippen LogP contribution >= 0.6 is 0 Å². The molecule has 0 aliphatic heterocycles. The van der Waals surface area contributed by atoms with Crippen LogP contribution in [0.3, 0.4) is 0 Å². The molecular formula is C52H33NO2. The van der Waals surface area contributed by atoms with Crippen LogP contribution in [0.5, 0.6) is 0 Å². The Morgan fingerprint density at radius 1 is 0.309 bits per heavy atom. The fourth-order valence-electron chi connectivity index (χ4n) is 8.20. The molecular weight excluding hydrogens is 671 g/mol. The van der Waals surface area contributed by atoms with Crippen molar-refractivity contribution in [2.24, 2.45) is 0 Å². The van der Waals surface area contributed by atoms with Gasteiger partial charge in [0.2, 0.25) is 0 Å². The highest BCUT2D eigenvalue weighted by Crippen LogP contribution is 2.42. The van der Waals surface area contributed by atoms with E-state index < -0.39 is 0 Å². The summed E-state index contributed by atoms with van der Waals surface area (Å²) in [5, 5.41) is 6.83. The molecule has 2 heterocycles. The van der Waals surface area contributed by atoms with Gasteiger partial charge in [-0.05, 0) is 105 Å². The second kappa shape index (κ2) is 12.6. The van der Waals surface area contributed by atoms with Gasteiger partial charge >= 0.3 is 0 Å². The minimum atomic E-state index is 0.895. The van der Waals surface area contributed by atoms with Crippen LogP contribution in [0.15, 0.2) is 209 Å². The van der Waals surface area contributed by atoms with Gasteiger partial charge in [-0.2, -0.15) is 0 Å². The second-order valence-electron chi connectivity index (χ2n) is 14.1. The van der Waals surface area contributed by atoms with Crippen LogP contribution < -0.4 is 4.90 Å². The number of hydrogen-bond acceptors (Lipinski definition) is 3. The third-order valence-corrected chi connectivity index (χ3v) is 10.9. The SMILES string of the molecule is c1ccc(-c2ccc(N(c3ccc(-c4cccc5oc6c7ccccc7ccc6c45)cc3)c3cccc(-c4ccc5oc6ccccc6c5c4)c3)cc2)cc1. The molecule has 9 aromatic carbocycles. The summed E-state index contributed by atoms with van der Waals surface area (Å²) >= 11 is 0. The molecule has 0 spiro atoms. The van der Waals surface area contributed by atoms with Crippen molar-refractivity contribution >= 4 is 71.7 Å². The van der Waals surface area contributed by atoms with Gasteiger partial charge in [-0.3, -0.25) is 0 Å². The molecule has 0 aliphatic rings. The first-order valence-electron chi connectivity index (χ1n) is 18.7. The third-order valence-electron chi connectivity index (χ3n) is 10.9. The van der Waals surface area contributed by atoms with Gasteiger partial charge in [0.25, 0.3) is 0 Å². The fourth-order valence-corrected chi connectivity index (χ4v) is 8.20. The molecule has 0 aliphatic carbocycles. The van der Waals surface area contributed by atoms with Crippen LogP contribution in [0.4, 0.5) is 17.1 Å². The predicted molar refractivity (Wildman–Crippen MR) is 229 cm³/mol. The monoisotopic (exact) mass is 703 g/mol. The van der Waals surface area contributed by atoms with Crippen molar-refractivity contribution in [3.63, 3.8) is 0 Å². The van der Waals surface area contributed by atoms with Crippen LogP contribution in [0.25, 0.3) is 88.0 Å². The molecule has 0 radical (unpaired) electrons. The number of furan rings is 2. The molecule has 11 aromatic rings. The highest BCUT2D eigenvalue weighted by molar-refractivity contribution is 6.19. The maximum atomic E-state index is 6.52. The van der Waals surface area contributed by atoms with Crippen LogP contribution in [-0.2, 0) is 0 Å². The van der Waals surface area contributed by atoms with Gasteiger partial charge in [-0.1, -0.05) is 133 Å². The summed E-state index contributed by atoms with van der Waals surface area (Å²) in [4.78, 5) is 2.34. The quantitative estimate of drug-likeness (QED) is 0.173. The molecule has 2 aromatic heterocycles. The smallest absolute Gasteiger partial charge is 0.143 e. The van der Waals surface area contributed by atoms with E-state index in [2.05, 4.69) is 193 Å². The largest absolute Gasteiger partial charge is 0.456 e. The van der Waals surface area contributed by atoms with E-state index in [0.717, 1.165) is 88.6 Å². The Kier molecular flexibility index (Phi) is 7.17. The first-order valence-corrected chi connectivity index (χ1v) is 18.7. The molecule has 0 N–H and O–H groups in total. The van der Waals surface area contributed by atoms with Crippen LogP contribution in [0, 0.1) is 0 Å². The summed E-state index contributed by atoms with van der Waals surface area (Å²) in [6, 6.07) is 71.0. The minimum Gasteiger partial charge on any atom is -0.456 e. The first-order chi connectivity index (χ1) is 27.2. The number of nitrogens with zero attached hydrogens (tertiary/aromatic N) is 1. The Balaban J connectivity index is 1.02. The van der Waals surface area contributed by atoms with Gasteiger partial charge in [-0.15, -0.1) is 0 Å². The summed E-state index contributed by atoms with van der Waals surface area (Å²) in [7, 11) is 0. The highest BCUT2D eigenvalue weighted by Gasteiger charge is 2.18. The van der Waals surface area contributed by atoms with Crippen molar-refractivity contribution in [3.05, 3.63) is 200 Å². The Morgan fingerprint density at radius 2 is 0.927 bits per heavy atom. The van der Waals surface area contributed by atoms with E-state index >= 15 is 0 Å². The zero-order chi connectivity index (χ0) is 36.3. The number of fused-ring (bicyclic) bond motifs is 8. The lowest BCUT2D eigenvalue weighted by atomic mass is 9.97. The predicted octanol–water partition coefficient (Wildman–Crippen LogP) is 15.1. The number of anilines is 3. The Morgan fingerprint density at radius 3 is 1.76 bits per heavy atom. The summed E-state index contributed by atoms with van der Waals surface area (Å²) in [6.07, 6.45) is 0. The molecule has 0 unspecified atom stereocenters. The molecule has 55 heavy (non-hydrogen) atoms. The summed E-state index contributed by atoms with van der Waals surface area (Å²) < 4.78 is 12.7. The van der Waals surface area contributed by atoms with E-state index in [1.165, 1.54) is 16.5 Å². The molecule has 0 atom stereocenters. The Labute approximate surface area is 317 Å². The molecule has 0 bridgehead atoms. The summed E-state index contributed by atoms with van der Waals surface area (Å²) in [5.74, 6) is 0. The zero-order valence-corrected chi connectivity index (χ0v) is 29.8. The Bertz CT molecular complexity index is 3190. The highest BCUT2D eigenvalue weighted by atomic mass is 16.3. The first kappa shape index (κ1) is 31.2. The summed E-state index contributed by atoms with van der Waals surface area (Å²) in [5.41, 5.74) is 13.8. The molecule has 0 saturated carbocycles. The third kappa shape index (κ3) is 5.28. The average Bonchev–Trinajstić information content (AvgIpc) is 3.83. The van der Waals surface area contributed by atoms with E-state index in [9.17, 15) is 0 Å². The van der Waals surface area contributed by atoms with Crippen LogP contribution in [-0.4, -0.2) is 0 Å². The van der Waals surface area contributed by atoms with Crippen LogP contribution in [0.2, 0.25) is 0 Å². The number of rotatable bonds is 6. The second-order valence-corrected chi connectivity index (χ2v) is 14.1. The molecule has 0 amide bonds. The van der Waals surface area contributed by atoms with Gasteiger partial charge in [0, 0.05) is 44.0 Å². The number of hydrogen-bond donors (Lipinski definition) is 0. The Hall–Kier alpha value is -7.36. The molecule has 0 fully saturated rings. The van der Waals surface area contributed by atoms with E-state index in [1.54, 1.807) is 0 Å². The van der Waals surface area contributed by atoms with Gasteiger partial charge in [-0.25, -0.2) is 0 Å². The number of para-hydroxylation sites is 1. The maximum Gasteiger partial charge on any atom is 0.143 e. The van der Waals surface area contributed by atoms with Crippen molar-refractivity contribution in [1.29, 1.82) is 0 Å². The topological polar surface area (TPSA) is 29.5 Å². The zero-order valence-electron chi connectivity index (χ0n) is 29.8. The molecule has 0 saturated heterocycles. The molecule has 3 nitrogen and oxygen atoms in total. The van der Waals surface area contributed by atoms with Crippen molar-refractivity contribution in [2.45, 2.75) is 0 Å². The fraction of sp³-hybridized carbons (Fsp3) is 0. The number of benzene rings is 9. The van der Waals surface area contributed by atoms with Crippen molar-refractivity contribution in [1.82, 2.24) is 0 Å². The molecule has 258 valence electrons. The normalized spacial score (nSPS) is 11.6. The summed E-state index contributed by atoms with van der Waals surface area (Å²) in [6.45, 7) is 0. The van der Waals surface area contributed by atoms with Crippen molar-refractivity contribution in [2.75, 3.05) is 4.90 Å². The standard InChI is InChI=1S/C52H33NO2/c1-2-10-34(11-3-1)35-20-26-40(27-21-35)53(42-14-8-13-38(32-42)39-25-31-49-47(33-39)45-16-6-7-18-48(45)54-49)41-28-22-37(23-29-41)43-17-9-19-50-51(43)46-30-24-36-12-4-5-15-44(36)52(46)55-50/h1-33H. The van der Waals surface area contributed by atoms with E-state index in [1.807, 2.05) is 12.1 Å². The lowest BCUT2D eigenvalue weighted by molar-refractivity contribution is 0.669. The lowest BCUT2D eigenvalue weighted by Crippen LogP contribution is -2.10. The van der Waals surface area contributed by atoms with Gasteiger partial charge in [0.15, 0.2) is 0 Å². The average molecular weight is 704 g/mol. The van der Waals surface area contributed by atoms with Crippen molar-refractivity contribution in [3.8, 4) is 33.4 Å². The van der Waals surface area contributed by atoms with Crippen LogP contribution in [0.1, 0.15) is 0 Å². The van der Waals surface area contributed by atoms with E-state index in [-0.39, 0.29) is 0 Å². The maximum absolute atomic E-state index is 6.52. The van der Waals surface area contributed by atoms with Crippen molar-refractivity contribution < 1.29 is 8.83 Å². The molecule has 11 rings (SSSR count). The van der Waals surface area contributed by atoms with Gasteiger partial charge in [0.1, 0.15) is 22.3 Å². The van der Waals surface area contributed by atoms with Gasteiger partial charge in [0.05, 0.1) is 0 Å². The van der Waals surface area contributed by atoms with E-state index in [0.29, 0.717) is 0 Å².